The number of rotatable bonds is 2. The molecule has 2 aliphatic rings. The van der Waals surface area contributed by atoms with Crippen LogP contribution < -0.4 is 9.47 Å². The van der Waals surface area contributed by atoms with Crippen LogP contribution >= 0.6 is 0 Å². The molecule has 23 heavy (non-hydrogen) atoms. The van der Waals surface area contributed by atoms with Gasteiger partial charge in [0.2, 0.25) is 12.7 Å². The zero-order valence-electron chi connectivity index (χ0n) is 12.4. The molecule has 2 heterocycles. The number of carbonyl (C=O) groups excluding carboxylic acids is 1. The van der Waals surface area contributed by atoms with Gasteiger partial charge in [-0.25, -0.2) is 9.79 Å². The van der Waals surface area contributed by atoms with Crippen molar-refractivity contribution in [2.24, 2.45) is 4.99 Å². The summed E-state index contributed by atoms with van der Waals surface area (Å²) in [6.07, 6.45) is 1.72. The van der Waals surface area contributed by atoms with E-state index in [1.165, 1.54) is 0 Å². The summed E-state index contributed by atoms with van der Waals surface area (Å²) in [5.41, 5.74) is 2.98. The number of aryl methyl sites for hydroxylation is 1. The van der Waals surface area contributed by atoms with Crippen LogP contribution in [0.3, 0.4) is 0 Å². The van der Waals surface area contributed by atoms with Gasteiger partial charge in [-0.15, -0.1) is 0 Å². The van der Waals surface area contributed by atoms with E-state index in [9.17, 15) is 4.79 Å². The van der Waals surface area contributed by atoms with Crippen molar-refractivity contribution in [3.8, 4) is 11.5 Å². The average molecular weight is 307 g/mol. The standard InChI is InChI=1S/C18H13NO4/c1-11-3-2-4-12(7-11)8-14-18(20)23-17(19-14)13-5-6-15-16(9-13)22-10-21-15/h2-9H,10H2,1H3/b14-8-. The van der Waals surface area contributed by atoms with Crippen LogP contribution in [0.25, 0.3) is 6.08 Å². The van der Waals surface area contributed by atoms with E-state index in [4.69, 9.17) is 14.2 Å². The maximum atomic E-state index is 12.0. The molecule has 0 saturated carbocycles. The number of nitrogens with zero attached hydrogens (tertiary/aromatic N) is 1. The molecule has 0 spiro atoms. The predicted octanol–water partition coefficient (Wildman–Crippen LogP) is 3.07. The van der Waals surface area contributed by atoms with E-state index in [1.807, 2.05) is 31.2 Å². The Morgan fingerprint density at radius 2 is 1.96 bits per heavy atom. The fourth-order valence-electron chi connectivity index (χ4n) is 2.48. The Hall–Kier alpha value is -3.08. The van der Waals surface area contributed by atoms with Crippen molar-refractivity contribution in [3.63, 3.8) is 0 Å². The second-order valence-electron chi connectivity index (χ2n) is 5.32. The second kappa shape index (κ2) is 5.28. The van der Waals surface area contributed by atoms with Crippen molar-refractivity contribution < 1.29 is 19.0 Å². The Morgan fingerprint density at radius 3 is 2.83 bits per heavy atom. The molecule has 0 aromatic heterocycles. The monoisotopic (exact) mass is 307 g/mol. The van der Waals surface area contributed by atoms with E-state index in [2.05, 4.69) is 4.99 Å². The van der Waals surface area contributed by atoms with Crippen molar-refractivity contribution in [2.75, 3.05) is 6.79 Å². The van der Waals surface area contributed by atoms with Crippen molar-refractivity contribution in [1.82, 2.24) is 0 Å². The molecule has 114 valence electrons. The first kappa shape index (κ1) is 13.6. The van der Waals surface area contributed by atoms with E-state index >= 15 is 0 Å². The molecule has 0 unspecified atom stereocenters. The summed E-state index contributed by atoms with van der Waals surface area (Å²) in [5, 5.41) is 0. The maximum Gasteiger partial charge on any atom is 0.363 e. The lowest BCUT2D eigenvalue weighted by molar-refractivity contribution is -0.129. The molecular weight excluding hydrogens is 294 g/mol. The Balaban J connectivity index is 1.67. The van der Waals surface area contributed by atoms with Crippen molar-refractivity contribution in [3.05, 3.63) is 64.9 Å². The molecule has 5 heteroatoms. The average Bonchev–Trinajstić information content (AvgIpc) is 3.14. The summed E-state index contributed by atoms with van der Waals surface area (Å²) in [6, 6.07) is 13.1. The highest BCUT2D eigenvalue weighted by Crippen LogP contribution is 2.33. The van der Waals surface area contributed by atoms with Gasteiger partial charge in [-0.05, 0) is 36.8 Å². The molecule has 0 amide bonds. The second-order valence-corrected chi connectivity index (χ2v) is 5.32. The molecule has 0 bridgehead atoms. The normalized spacial score (nSPS) is 17.3. The fourth-order valence-corrected chi connectivity index (χ4v) is 2.48. The van der Waals surface area contributed by atoms with E-state index in [1.54, 1.807) is 24.3 Å². The van der Waals surface area contributed by atoms with Crippen LogP contribution in [0.15, 0.2) is 53.2 Å². The van der Waals surface area contributed by atoms with Gasteiger partial charge in [0.25, 0.3) is 0 Å². The summed E-state index contributed by atoms with van der Waals surface area (Å²) in [7, 11) is 0. The molecule has 5 nitrogen and oxygen atoms in total. The summed E-state index contributed by atoms with van der Waals surface area (Å²) >= 11 is 0. The van der Waals surface area contributed by atoms with Gasteiger partial charge in [-0.2, -0.15) is 0 Å². The number of hydrogen-bond donors (Lipinski definition) is 0. The number of benzene rings is 2. The minimum Gasteiger partial charge on any atom is -0.454 e. The SMILES string of the molecule is Cc1cccc(/C=C2\N=C(c3ccc4c(c3)OCO4)OC2=O)c1. The van der Waals surface area contributed by atoms with Gasteiger partial charge >= 0.3 is 5.97 Å². The highest BCUT2D eigenvalue weighted by molar-refractivity contribution is 6.13. The van der Waals surface area contributed by atoms with Crippen LogP contribution in [0.5, 0.6) is 11.5 Å². The Bertz CT molecular complexity index is 867. The van der Waals surface area contributed by atoms with Crippen molar-refractivity contribution >= 4 is 17.9 Å². The van der Waals surface area contributed by atoms with Crippen LogP contribution in [-0.2, 0) is 9.53 Å². The lowest BCUT2D eigenvalue weighted by Gasteiger charge is -2.01. The molecule has 4 rings (SSSR count). The first-order chi connectivity index (χ1) is 11.2. The number of ether oxygens (including phenoxy) is 3. The molecule has 0 N–H and O–H groups in total. The molecule has 0 saturated heterocycles. The summed E-state index contributed by atoms with van der Waals surface area (Å²) in [4.78, 5) is 16.3. The van der Waals surface area contributed by atoms with E-state index in [0.717, 1.165) is 11.1 Å². The molecule has 0 radical (unpaired) electrons. The van der Waals surface area contributed by atoms with Gasteiger partial charge < -0.3 is 14.2 Å². The lowest BCUT2D eigenvalue weighted by atomic mass is 10.1. The fraction of sp³-hybridized carbons (Fsp3) is 0.111. The topological polar surface area (TPSA) is 57.1 Å². The zero-order chi connectivity index (χ0) is 15.8. The third-order valence-electron chi connectivity index (χ3n) is 3.59. The Kier molecular flexibility index (Phi) is 3.12. The van der Waals surface area contributed by atoms with Crippen LogP contribution in [-0.4, -0.2) is 18.7 Å². The number of esters is 1. The number of fused-ring (bicyclic) bond motifs is 1. The van der Waals surface area contributed by atoms with Gasteiger partial charge in [-0.3, -0.25) is 0 Å². The number of cyclic esters (lactones) is 1. The molecule has 2 aliphatic heterocycles. The largest absolute Gasteiger partial charge is 0.454 e. The lowest BCUT2D eigenvalue weighted by Crippen LogP contribution is -2.05. The summed E-state index contributed by atoms with van der Waals surface area (Å²) in [6.45, 7) is 2.19. The molecule has 2 aromatic carbocycles. The smallest absolute Gasteiger partial charge is 0.363 e. The van der Waals surface area contributed by atoms with Gasteiger partial charge in [0.05, 0.1) is 0 Å². The van der Waals surface area contributed by atoms with E-state index in [-0.39, 0.29) is 18.4 Å². The Labute approximate surface area is 132 Å². The number of aliphatic imine (C=N–C) groups is 1. The van der Waals surface area contributed by atoms with Crippen molar-refractivity contribution in [2.45, 2.75) is 6.92 Å². The van der Waals surface area contributed by atoms with Gasteiger partial charge in [-0.1, -0.05) is 29.8 Å². The van der Waals surface area contributed by atoms with E-state index < -0.39 is 5.97 Å². The quantitative estimate of drug-likeness (QED) is 0.632. The minimum atomic E-state index is -0.459. The maximum absolute atomic E-state index is 12.0. The Morgan fingerprint density at radius 1 is 1.09 bits per heavy atom. The minimum absolute atomic E-state index is 0.198. The van der Waals surface area contributed by atoms with Crippen LogP contribution in [0.2, 0.25) is 0 Å². The van der Waals surface area contributed by atoms with Crippen LogP contribution in [0, 0.1) is 6.92 Å². The van der Waals surface area contributed by atoms with Crippen LogP contribution in [0.1, 0.15) is 16.7 Å². The number of carbonyl (C=O) groups is 1. The third-order valence-corrected chi connectivity index (χ3v) is 3.59. The molecule has 0 aliphatic carbocycles. The summed E-state index contributed by atoms with van der Waals surface area (Å²) in [5.74, 6) is 1.11. The highest BCUT2D eigenvalue weighted by Gasteiger charge is 2.25. The highest BCUT2D eigenvalue weighted by atomic mass is 16.7. The van der Waals surface area contributed by atoms with Gasteiger partial charge in [0, 0.05) is 5.56 Å². The van der Waals surface area contributed by atoms with Gasteiger partial charge in [0.15, 0.2) is 17.2 Å². The molecule has 2 aromatic rings. The van der Waals surface area contributed by atoms with E-state index in [0.29, 0.717) is 17.1 Å². The third kappa shape index (κ3) is 2.57. The zero-order valence-corrected chi connectivity index (χ0v) is 12.4. The summed E-state index contributed by atoms with van der Waals surface area (Å²) < 4.78 is 15.9. The number of hydrogen-bond acceptors (Lipinski definition) is 5. The first-order valence-corrected chi connectivity index (χ1v) is 7.18. The molecule has 0 fully saturated rings. The van der Waals surface area contributed by atoms with Gasteiger partial charge in [0.1, 0.15) is 0 Å². The van der Waals surface area contributed by atoms with Crippen LogP contribution in [0.4, 0.5) is 0 Å². The first-order valence-electron chi connectivity index (χ1n) is 7.18. The predicted molar refractivity (Wildman–Crippen MR) is 84.4 cm³/mol. The molecule has 0 atom stereocenters. The molecular formula is C18H13NO4. The van der Waals surface area contributed by atoms with Crippen molar-refractivity contribution in [1.29, 1.82) is 0 Å².